The molecular formula is C60H92CrO6P2. The van der Waals surface area contributed by atoms with Crippen molar-refractivity contribution in [1.29, 1.82) is 0 Å². The molecule has 0 N–H and O–H groups in total. The van der Waals surface area contributed by atoms with Gasteiger partial charge in [-0.15, -0.1) is 0 Å². The molecule has 0 spiro atoms. The van der Waals surface area contributed by atoms with Gasteiger partial charge in [0.1, 0.15) is 11.5 Å². The summed E-state index contributed by atoms with van der Waals surface area (Å²) in [6, 6.07) is 29.4. The molecule has 0 bridgehead atoms. The summed E-state index contributed by atoms with van der Waals surface area (Å²) in [4.78, 5) is 25.4. The van der Waals surface area contributed by atoms with E-state index in [1.807, 2.05) is 48.5 Å². The first-order valence-corrected chi connectivity index (χ1v) is 30.6. The van der Waals surface area contributed by atoms with Gasteiger partial charge in [0.25, 0.3) is 0 Å². The Morgan fingerprint density at radius 1 is 0.304 bits per heavy atom. The van der Waals surface area contributed by atoms with Crippen molar-refractivity contribution in [1.82, 2.24) is 0 Å². The predicted octanol–water partition coefficient (Wildman–Crippen LogP) is 17.1. The average Bonchev–Trinajstić information content (AvgIpc) is 3.34. The Balaban J connectivity index is 0.000000467. The average molecular weight is 1020 g/mol. The Morgan fingerprint density at radius 2 is 0.493 bits per heavy atom. The molecule has 0 aromatic heterocycles. The van der Waals surface area contributed by atoms with E-state index in [1.165, 1.54) is 189 Å². The van der Waals surface area contributed by atoms with Crippen LogP contribution in [0.4, 0.5) is 0 Å². The Morgan fingerprint density at radius 3 is 0.710 bits per heavy atom. The minimum absolute atomic E-state index is 0. The zero-order valence-corrected chi connectivity index (χ0v) is 46.7. The molecule has 384 valence electrons. The molecule has 4 aromatic rings. The Kier molecular flexibility index (Phi) is 35.3. The number of hydrogen-bond donors (Lipinski definition) is 0. The SMILES string of the molecule is CCCCCCCCCc1ccc(OP(=O)([O-])c2ccc(CCCCCCCCC)cc2)cc1.CCCCCCCCCc1ccc(OP(=O)([O-])c2ccc(CCCCCCCCC)cc2)cc1.[Cr+2]. The van der Waals surface area contributed by atoms with E-state index in [0.717, 1.165) is 38.5 Å². The molecule has 0 amide bonds. The fraction of sp³-hybridized carbons (Fsp3) is 0.600. The third-order valence-corrected chi connectivity index (χ3v) is 15.8. The molecule has 0 saturated heterocycles. The number of benzene rings is 4. The van der Waals surface area contributed by atoms with Crippen LogP contribution in [0.5, 0.6) is 11.5 Å². The summed E-state index contributed by atoms with van der Waals surface area (Å²) in [6.45, 7) is 8.97. The van der Waals surface area contributed by atoms with Crippen LogP contribution in [0, 0.1) is 0 Å². The van der Waals surface area contributed by atoms with E-state index in [9.17, 15) is 18.9 Å². The van der Waals surface area contributed by atoms with Crippen molar-refractivity contribution in [3.63, 3.8) is 0 Å². The smallest absolute Gasteiger partial charge is 0.765 e. The van der Waals surface area contributed by atoms with Crippen molar-refractivity contribution in [2.75, 3.05) is 0 Å². The van der Waals surface area contributed by atoms with Crippen LogP contribution in [0.2, 0.25) is 0 Å². The van der Waals surface area contributed by atoms with E-state index in [-0.39, 0.29) is 28.0 Å². The number of aryl methyl sites for hydroxylation is 4. The predicted molar refractivity (Wildman–Crippen MR) is 288 cm³/mol. The maximum absolute atomic E-state index is 12.7. The second kappa shape index (κ2) is 39.0. The van der Waals surface area contributed by atoms with Gasteiger partial charge < -0.3 is 18.8 Å². The fourth-order valence-electron chi connectivity index (χ4n) is 8.65. The largest absolute Gasteiger partial charge is 2.00 e. The Hall–Kier alpha value is -2.61. The van der Waals surface area contributed by atoms with Crippen molar-refractivity contribution in [3.8, 4) is 11.5 Å². The summed E-state index contributed by atoms with van der Waals surface area (Å²) < 4.78 is 36.2. The first kappa shape index (κ1) is 62.5. The van der Waals surface area contributed by atoms with Crippen LogP contribution in [0.15, 0.2) is 97.1 Å². The van der Waals surface area contributed by atoms with Gasteiger partial charge >= 0.3 is 17.4 Å². The third kappa shape index (κ3) is 28.9. The van der Waals surface area contributed by atoms with Gasteiger partial charge in [0, 0.05) is 10.6 Å². The molecule has 0 aliphatic carbocycles. The normalized spacial score (nSPS) is 12.8. The molecule has 4 aromatic carbocycles. The molecule has 69 heavy (non-hydrogen) atoms. The number of unbranched alkanes of at least 4 members (excludes halogenated alkanes) is 24. The topological polar surface area (TPSA) is 98.7 Å². The van der Waals surface area contributed by atoms with Crippen molar-refractivity contribution < 1.29 is 45.3 Å². The zero-order chi connectivity index (χ0) is 49.0. The van der Waals surface area contributed by atoms with Gasteiger partial charge in [-0.2, -0.15) is 0 Å². The number of hydrogen-bond acceptors (Lipinski definition) is 6. The first-order chi connectivity index (χ1) is 33.1. The van der Waals surface area contributed by atoms with Gasteiger partial charge in [0.2, 0.25) is 15.2 Å². The van der Waals surface area contributed by atoms with Gasteiger partial charge in [-0.25, -0.2) is 0 Å². The molecule has 0 radical (unpaired) electrons. The molecule has 0 aliphatic rings. The van der Waals surface area contributed by atoms with E-state index < -0.39 is 15.2 Å². The molecular weight excluding hydrogens is 931 g/mol. The van der Waals surface area contributed by atoms with E-state index in [0.29, 0.717) is 11.5 Å². The van der Waals surface area contributed by atoms with Crippen LogP contribution in [-0.2, 0) is 52.2 Å². The number of rotatable bonds is 38. The standard InChI is InChI=1S/2C30H47O3P.Cr/c2*1-3-5-7-9-11-13-15-17-27-19-23-29(24-20-27)33-34(31,32)30-25-21-28(22-26-30)18-16-14-12-10-8-6-4-2;/h2*19-26H,3-18H2,1-2H3,(H,31,32);/q;;+2/p-2. The summed E-state index contributed by atoms with van der Waals surface area (Å²) >= 11 is 0. The molecule has 0 saturated carbocycles. The van der Waals surface area contributed by atoms with E-state index in [2.05, 4.69) is 27.7 Å². The van der Waals surface area contributed by atoms with Crippen LogP contribution in [0.25, 0.3) is 0 Å². The van der Waals surface area contributed by atoms with Gasteiger partial charge in [-0.3, -0.25) is 9.13 Å². The van der Waals surface area contributed by atoms with Crippen molar-refractivity contribution in [2.24, 2.45) is 0 Å². The second-order valence-electron chi connectivity index (χ2n) is 19.3. The van der Waals surface area contributed by atoms with Gasteiger partial charge in [0.05, 0.1) is 0 Å². The van der Waals surface area contributed by atoms with Crippen LogP contribution < -0.4 is 29.4 Å². The van der Waals surface area contributed by atoms with Crippen LogP contribution in [-0.4, -0.2) is 0 Å². The van der Waals surface area contributed by atoms with Gasteiger partial charge in [-0.05, 0) is 122 Å². The minimum atomic E-state index is -4.14. The van der Waals surface area contributed by atoms with Crippen molar-refractivity contribution in [2.45, 2.75) is 233 Å². The summed E-state index contributed by atoms with van der Waals surface area (Å²) in [7, 11) is -8.28. The van der Waals surface area contributed by atoms with E-state index >= 15 is 0 Å². The van der Waals surface area contributed by atoms with E-state index in [1.54, 1.807) is 48.5 Å². The Bertz CT molecular complexity index is 1780. The second-order valence-corrected chi connectivity index (χ2v) is 22.7. The summed E-state index contributed by atoms with van der Waals surface area (Å²) in [5.41, 5.74) is 4.84. The van der Waals surface area contributed by atoms with E-state index in [4.69, 9.17) is 9.05 Å². The van der Waals surface area contributed by atoms with Crippen molar-refractivity contribution >= 4 is 25.8 Å². The van der Waals surface area contributed by atoms with Crippen LogP contribution in [0.1, 0.15) is 230 Å². The fourth-order valence-corrected chi connectivity index (χ4v) is 10.7. The molecule has 0 aliphatic heterocycles. The van der Waals surface area contributed by atoms with Gasteiger partial charge in [0.15, 0.2) is 0 Å². The molecule has 2 atom stereocenters. The summed E-state index contributed by atoms with van der Waals surface area (Å²) in [5.74, 6) is 0.766. The van der Waals surface area contributed by atoms with Crippen LogP contribution in [0.3, 0.4) is 0 Å². The van der Waals surface area contributed by atoms with Gasteiger partial charge in [-0.1, -0.05) is 230 Å². The molecule has 9 heteroatoms. The molecule has 2 unspecified atom stereocenters. The molecule has 0 fully saturated rings. The Labute approximate surface area is 432 Å². The third-order valence-electron chi connectivity index (χ3n) is 13.1. The molecule has 4 rings (SSSR count). The maximum Gasteiger partial charge on any atom is 2.00 e. The molecule has 6 nitrogen and oxygen atoms in total. The molecule has 0 heterocycles. The summed E-state index contributed by atoms with van der Waals surface area (Å²) in [5, 5.41) is 0.478. The van der Waals surface area contributed by atoms with Crippen molar-refractivity contribution in [3.05, 3.63) is 119 Å². The minimum Gasteiger partial charge on any atom is -0.765 e. The maximum atomic E-state index is 12.7. The quantitative estimate of drug-likeness (QED) is 0.0328. The monoisotopic (exact) mass is 1020 g/mol. The van der Waals surface area contributed by atoms with Crippen LogP contribution >= 0.6 is 15.2 Å². The first-order valence-electron chi connectivity index (χ1n) is 27.5. The summed E-state index contributed by atoms with van der Waals surface area (Å²) in [6.07, 6.45) is 40.1. The zero-order valence-electron chi connectivity index (χ0n) is 43.6.